The third-order valence-electron chi connectivity index (χ3n) is 2.65. The maximum atomic E-state index is 12.7. The van der Waals surface area contributed by atoms with Gasteiger partial charge in [0.15, 0.2) is 5.54 Å². The maximum Gasteiger partial charge on any atom is 0.417 e. The summed E-state index contributed by atoms with van der Waals surface area (Å²) in [7, 11) is 0. The van der Waals surface area contributed by atoms with E-state index >= 15 is 0 Å². The third kappa shape index (κ3) is 3.19. The quantitative estimate of drug-likeness (QED) is 0.785. The monoisotopic (exact) mass is 288 g/mol. The van der Waals surface area contributed by atoms with Crippen molar-refractivity contribution in [3.05, 3.63) is 29.3 Å². The van der Waals surface area contributed by atoms with Crippen molar-refractivity contribution in [2.45, 2.75) is 18.6 Å². The first-order valence-corrected chi connectivity index (χ1v) is 5.38. The lowest BCUT2D eigenvalue weighted by atomic mass is 10.0. The van der Waals surface area contributed by atoms with E-state index in [-0.39, 0.29) is 5.69 Å². The highest BCUT2D eigenvalue weighted by Gasteiger charge is 2.36. The number of hydrogen-bond acceptors (Lipinski definition) is 4. The molecule has 8 heteroatoms. The van der Waals surface area contributed by atoms with Crippen LogP contribution in [0.5, 0.6) is 0 Å². The van der Waals surface area contributed by atoms with Gasteiger partial charge in [0.05, 0.1) is 23.8 Å². The molecule has 0 unspecified atom stereocenters. The van der Waals surface area contributed by atoms with E-state index in [0.29, 0.717) is 6.07 Å². The summed E-state index contributed by atoms with van der Waals surface area (Å²) in [5, 5.41) is 28.9. The average Bonchev–Trinajstić information content (AvgIpc) is 2.37. The van der Waals surface area contributed by atoms with Gasteiger partial charge in [-0.25, -0.2) is 4.79 Å². The molecular formula is C12H11F3N2O3. The first-order chi connectivity index (χ1) is 9.14. The Morgan fingerprint density at radius 2 is 2.05 bits per heavy atom. The lowest BCUT2D eigenvalue weighted by Crippen LogP contribution is -2.46. The van der Waals surface area contributed by atoms with Gasteiger partial charge in [-0.2, -0.15) is 18.4 Å². The minimum absolute atomic E-state index is 0.157. The number of rotatable bonds is 4. The van der Waals surface area contributed by atoms with E-state index in [0.717, 1.165) is 19.1 Å². The number of aliphatic hydroxyl groups is 1. The number of nitriles is 1. The van der Waals surface area contributed by atoms with Crippen LogP contribution >= 0.6 is 0 Å². The Kier molecular flexibility index (Phi) is 4.25. The Bertz CT molecular complexity index is 566. The van der Waals surface area contributed by atoms with E-state index in [1.165, 1.54) is 6.07 Å². The fraction of sp³-hybridized carbons (Fsp3) is 0.333. The van der Waals surface area contributed by atoms with Crippen LogP contribution in [0.15, 0.2) is 18.2 Å². The van der Waals surface area contributed by atoms with Crippen LogP contribution in [0.25, 0.3) is 0 Å². The number of carboxylic acid groups (broad SMARTS) is 1. The number of halogens is 3. The minimum atomic E-state index is -4.73. The molecule has 0 fully saturated rings. The number of carbonyl (C=O) groups is 1. The summed E-state index contributed by atoms with van der Waals surface area (Å²) in [6, 6.07) is 4.13. The molecule has 5 nitrogen and oxygen atoms in total. The molecule has 0 spiro atoms. The van der Waals surface area contributed by atoms with Crippen molar-refractivity contribution >= 4 is 11.7 Å². The van der Waals surface area contributed by atoms with Crippen molar-refractivity contribution in [3.63, 3.8) is 0 Å². The lowest BCUT2D eigenvalue weighted by molar-refractivity contribution is -0.143. The van der Waals surface area contributed by atoms with E-state index in [1.54, 1.807) is 0 Å². The molecule has 0 aromatic heterocycles. The van der Waals surface area contributed by atoms with Crippen LogP contribution < -0.4 is 5.32 Å². The molecule has 0 saturated carbocycles. The van der Waals surface area contributed by atoms with E-state index in [1.807, 2.05) is 0 Å². The summed E-state index contributed by atoms with van der Waals surface area (Å²) < 4.78 is 38.2. The van der Waals surface area contributed by atoms with Crippen LogP contribution in [-0.4, -0.2) is 28.3 Å². The largest absolute Gasteiger partial charge is 0.479 e. The van der Waals surface area contributed by atoms with Gasteiger partial charge in [0.2, 0.25) is 0 Å². The number of nitrogens with zero attached hydrogens (tertiary/aromatic N) is 1. The number of anilines is 1. The fourth-order valence-corrected chi connectivity index (χ4v) is 1.43. The van der Waals surface area contributed by atoms with E-state index in [4.69, 9.17) is 15.5 Å². The van der Waals surface area contributed by atoms with E-state index < -0.39 is 35.4 Å². The Balaban J connectivity index is 3.24. The molecule has 20 heavy (non-hydrogen) atoms. The number of aliphatic hydroxyl groups excluding tert-OH is 1. The summed E-state index contributed by atoms with van der Waals surface area (Å²) in [6.45, 7) is 0.310. The summed E-state index contributed by atoms with van der Waals surface area (Å²) in [5.74, 6) is -1.42. The highest BCUT2D eigenvalue weighted by Crippen LogP contribution is 2.34. The normalized spacial score (nSPS) is 14.2. The standard InChI is InChI=1S/C12H11F3N2O3/c1-11(6-18,10(19)20)17-8-3-2-7(5-16)9(4-8)12(13,14)15/h2-4,17-18H,6H2,1H3,(H,19,20)/t11-/m1/s1. The first-order valence-electron chi connectivity index (χ1n) is 5.38. The summed E-state index contributed by atoms with van der Waals surface area (Å²) in [4.78, 5) is 11.0. The number of hydrogen-bond donors (Lipinski definition) is 3. The molecule has 0 amide bonds. The number of aliphatic carboxylic acids is 1. The second-order valence-corrected chi connectivity index (χ2v) is 4.29. The number of carboxylic acids is 1. The Morgan fingerprint density at radius 3 is 2.45 bits per heavy atom. The fourth-order valence-electron chi connectivity index (χ4n) is 1.43. The molecule has 0 bridgehead atoms. The van der Waals surface area contributed by atoms with Crippen molar-refractivity contribution in [2.24, 2.45) is 0 Å². The van der Waals surface area contributed by atoms with Gasteiger partial charge in [0.25, 0.3) is 0 Å². The van der Waals surface area contributed by atoms with Crippen molar-refractivity contribution in [2.75, 3.05) is 11.9 Å². The van der Waals surface area contributed by atoms with Gasteiger partial charge in [-0.05, 0) is 25.1 Å². The number of alkyl halides is 3. The second kappa shape index (κ2) is 5.38. The van der Waals surface area contributed by atoms with Crippen molar-refractivity contribution in [1.82, 2.24) is 0 Å². The predicted molar refractivity (Wildman–Crippen MR) is 62.9 cm³/mol. The molecule has 0 aliphatic rings. The summed E-state index contributed by atoms with van der Waals surface area (Å²) in [5.41, 5.74) is -3.72. The molecule has 1 atom stereocenters. The Morgan fingerprint density at radius 1 is 1.45 bits per heavy atom. The molecule has 1 aromatic rings. The Hall–Kier alpha value is -2.27. The van der Waals surface area contributed by atoms with Gasteiger partial charge in [-0.15, -0.1) is 0 Å². The van der Waals surface area contributed by atoms with Crippen molar-refractivity contribution < 1.29 is 28.2 Å². The molecule has 0 aliphatic carbocycles. The Labute approximate surface area is 112 Å². The van der Waals surface area contributed by atoms with Crippen LogP contribution in [0.1, 0.15) is 18.1 Å². The van der Waals surface area contributed by atoms with Crippen LogP contribution in [0.3, 0.4) is 0 Å². The molecular weight excluding hydrogens is 277 g/mol. The van der Waals surface area contributed by atoms with Gasteiger partial charge in [-0.1, -0.05) is 0 Å². The highest BCUT2D eigenvalue weighted by atomic mass is 19.4. The molecule has 0 saturated heterocycles. The van der Waals surface area contributed by atoms with E-state index in [9.17, 15) is 18.0 Å². The van der Waals surface area contributed by atoms with Crippen molar-refractivity contribution in [1.29, 1.82) is 5.26 Å². The van der Waals surface area contributed by atoms with Crippen LogP contribution in [0, 0.1) is 11.3 Å². The molecule has 0 heterocycles. The topological polar surface area (TPSA) is 93.4 Å². The molecule has 108 valence electrons. The average molecular weight is 288 g/mol. The van der Waals surface area contributed by atoms with Gasteiger partial charge < -0.3 is 15.5 Å². The predicted octanol–water partition coefficient (Wildman–Crippen LogP) is 1.82. The summed E-state index contributed by atoms with van der Waals surface area (Å²) >= 11 is 0. The van der Waals surface area contributed by atoms with Gasteiger partial charge in [0, 0.05) is 5.69 Å². The van der Waals surface area contributed by atoms with Crippen molar-refractivity contribution in [3.8, 4) is 6.07 Å². The van der Waals surface area contributed by atoms with Crippen LogP contribution in [-0.2, 0) is 11.0 Å². The minimum Gasteiger partial charge on any atom is -0.479 e. The molecule has 0 aliphatic heterocycles. The lowest BCUT2D eigenvalue weighted by Gasteiger charge is -2.25. The zero-order chi connectivity index (χ0) is 15.6. The van der Waals surface area contributed by atoms with Crippen LogP contribution in [0.4, 0.5) is 18.9 Å². The van der Waals surface area contributed by atoms with Gasteiger partial charge >= 0.3 is 12.1 Å². The SMILES string of the molecule is C[C@](CO)(Nc1ccc(C#N)c(C(F)(F)F)c1)C(=O)O. The zero-order valence-corrected chi connectivity index (χ0v) is 10.3. The van der Waals surface area contributed by atoms with Crippen LogP contribution in [0.2, 0.25) is 0 Å². The molecule has 1 rings (SSSR count). The van der Waals surface area contributed by atoms with E-state index in [2.05, 4.69) is 5.32 Å². The molecule has 1 aromatic carbocycles. The smallest absolute Gasteiger partial charge is 0.417 e. The van der Waals surface area contributed by atoms with Gasteiger partial charge in [0.1, 0.15) is 0 Å². The number of benzene rings is 1. The summed E-state index contributed by atoms with van der Waals surface area (Å²) in [6.07, 6.45) is -4.73. The highest BCUT2D eigenvalue weighted by molar-refractivity contribution is 5.82. The number of nitrogens with one attached hydrogen (secondary N) is 1. The molecule has 3 N–H and O–H groups in total. The zero-order valence-electron chi connectivity index (χ0n) is 10.3. The van der Waals surface area contributed by atoms with Gasteiger partial charge in [-0.3, -0.25) is 0 Å². The molecule has 0 radical (unpaired) electrons. The first kappa shape index (κ1) is 15.8. The maximum absolute atomic E-state index is 12.7. The second-order valence-electron chi connectivity index (χ2n) is 4.29. The third-order valence-corrected chi connectivity index (χ3v) is 2.65.